The molecule has 0 aliphatic carbocycles. The molecule has 30 heavy (non-hydrogen) atoms. The zero-order chi connectivity index (χ0) is 21.1. The number of para-hydroxylation sites is 2. The third-order valence-corrected chi connectivity index (χ3v) is 4.05. The summed E-state index contributed by atoms with van der Waals surface area (Å²) in [6, 6.07) is 12.2. The monoisotopic (exact) mass is 529 g/mol. The van der Waals surface area contributed by atoms with E-state index in [9.17, 15) is 10.1 Å². The van der Waals surface area contributed by atoms with Crippen molar-refractivity contribution in [1.82, 2.24) is 10.6 Å². The van der Waals surface area contributed by atoms with E-state index >= 15 is 0 Å². The first-order valence-electron chi connectivity index (χ1n) is 9.29. The molecule has 0 bridgehead atoms. The lowest BCUT2D eigenvalue weighted by molar-refractivity contribution is -0.384. The van der Waals surface area contributed by atoms with Gasteiger partial charge in [-0.2, -0.15) is 0 Å². The Bertz CT molecular complexity index is 848. The number of halogens is 1. The van der Waals surface area contributed by atoms with Gasteiger partial charge in [-0.1, -0.05) is 18.2 Å². The molecular weight excluding hydrogens is 501 g/mol. The summed E-state index contributed by atoms with van der Waals surface area (Å²) >= 11 is 0. The number of anilines is 1. The smallest absolute Gasteiger partial charge is 0.292 e. The van der Waals surface area contributed by atoms with Crippen LogP contribution < -0.4 is 25.4 Å². The van der Waals surface area contributed by atoms with Crippen molar-refractivity contribution in [1.29, 1.82) is 0 Å². The number of nitro groups is 1. The lowest BCUT2D eigenvalue weighted by Crippen LogP contribution is -2.39. The summed E-state index contributed by atoms with van der Waals surface area (Å²) in [6.07, 6.45) is 0. The predicted molar refractivity (Wildman–Crippen MR) is 129 cm³/mol. The van der Waals surface area contributed by atoms with E-state index in [-0.39, 0.29) is 29.7 Å². The van der Waals surface area contributed by atoms with Crippen LogP contribution in [0.25, 0.3) is 0 Å². The standard InChI is InChI=1S/C20H27N5O4.HI/c1-4-21-20(24-14-15-9-10-18(28-2)19(13-15)29-3)23-12-11-22-16-7-5-6-8-17(16)25(26)27;/h5-10,13,22H,4,11-12,14H2,1-3H3,(H2,21,23,24);1H. The Morgan fingerprint density at radius 2 is 1.80 bits per heavy atom. The van der Waals surface area contributed by atoms with Gasteiger partial charge in [-0.3, -0.25) is 10.1 Å². The minimum absolute atomic E-state index is 0. The number of nitro benzene ring substituents is 1. The Morgan fingerprint density at radius 3 is 2.47 bits per heavy atom. The number of methoxy groups -OCH3 is 2. The number of aliphatic imine (C=N–C) groups is 1. The van der Waals surface area contributed by atoms with Crippen LogP contribution in [0.5, 0.6) is 11.5 Å². The van der Waals surface area contributed by atoms with Crippen molar-refractivity contribution in [2.24, 2.45) is 4.99 Å². The number of nitrogens with one attached hydrogen (secondary N) is 3. The van der Waals surface area contributed by atoms with E-state index in [0.29, 0.717) is 42.8 Å². The molecule has 0 saturated carbocycles. The fraction of sp³-hybridized carbons (Fsp3) is 0.350. The van der Waals surface area contributed by atoms with E-state index < -0.39 is 4.92 Å². The van der Waals surface area contributed by atoms with E-state index in [0.717, 1.165) is 12.1 Å². The predicted octanol–water partition coefficient (Wildman–Crippen LogP) is 3.40. The maximum absolute atomic E-state index is 11.1. The average molecular weight is 529 g/mol. The minimum Gasteiger partial charge on any atom is -0.493 e. The summed E-state index contributed by atoms with van der Waals surface area (Å²) in [5.41, 5.74) is 1.53. The van der Waals surface area contributed by atoms with Crippen molar-refractivity contribution in [3.8, 4) is 11.5 Å². The Balaban J connectivity index is 0.00000450. The molecular formula is C20H28IN5O4. The zero-order valence-electron chi connectivity index (χ0n) is 17.3. The van der Waals surface area contributed by atoms with Crippen molar-refractivity contribution in [3.05, 3.63) is 58.1 Å². The maximum atomic E-state index is 11.1. The summed E-state index contributed by atoms with van der Waals surface area (Å²) in [6.45, 7) is 4.22. The number of hydrogen-bond acceptors (Lipinski definition) is 6. The van der Waals surface area contributed by atoms with Crippen LogP contribution in [0, 0.1) is 10.1 Å². The van der Waals surface area contributed by atoms with Crippen molar-refractivity contribution in [2.75, 3.05) is 39.2 Å². The van der Waals surface area contributed by atoms with Crippen LogP contribution in [0.2, 0.25) is 0 Å². The van der Waals surface area contributed by atoms with Crippen molar-refractivity contribution in [3.63, 3.8) is 0 Å². The van der Waals surface area contributed by atoms with Gasteiger partial charge in [0.25, 0.3) is 5.69 Å². The van der Waals surface area contributed by atoms with Crippen molar-refractivity contribution in [2.45, 2.75) is 13.5 Å². The summed E-state index contributed by atoms with van der Waals surface area (Å²) in [5.74, 6) is 1.99. The number of benzene rings is 2. The Hall–Kier alpha value is -2.76. The van der Waals surface area contributed by atoms with Crippen LogP contribution in [-0.2, 0) is 6.54 Å². The van der Waals surface area contributed by atoms with Crippen molar-refractivity contribution >= 4 is 41.3 Å². The van der Waals surface area contributed by atoms with Gasteiger partial charge in [0.05, 0.1) is 25.7 Å². The molecule has 0 fully saturated rings. The van der Waals surface area contributed by atoms with E-state index in [4.69, 9.17) is 9.47 Å². The second-order valence-electron chi connectivity index (χ2n) is 6.01. The SMILES string of the molecule is CCNC(=NCc1ccc(OC)c(OC)c1)NCCNc1ccccc1[N+](=O)[O-].I. The third-order valence-electron chi connectivity index (χ3n) is 4.05. The van der Waals surface area contributed by atoms with Gasteiger partial charge in [-0.25, -0.2) is 4.99 Å². The van der Waals surface area contributed by atoms with Crippen LogP contribution in [0.4, 0.5) is 11.4 Å². The largest absolute Gasteiger partial charge is 0.493 e. The van der Waals surface area contributed by atoms with Gasteiger partial charge < -0.3 is 25.4 Å². The van der Waals surface area contributed by atoms with E-state index in [1.807, 2.05) is 25.1 Å². The van der Waals surface area contributed by atoms with Crippen LogP contribution >= 0.6 is 24.0 Å². The van der Waals surface area contributed by atoms with Crippen LogP contribution in [-0.4, -0.2) is 44.7 Å². The molecule has 3 N–H and O–H groups in total. The molecule has 2 aromatic rings. The van der Waals surface area contributed by atoms with Crippen LogP contribution in [0.15, 0.2) is 47.5 Å². The molecule has 0 spiro atoms. The second kappa shape index (κ2) is 13.5. The highest BCUT2D eigenvalue weighted by atomic mass is 127. The normalized spacial score (nSPS) is 10.6. The van der Waals surface area contributed by atoms with Crippen LogP contribution in [0.3, 0.4) is 0 Å². The number of rotatable bonds is 10. The van der Waals surface area contributed by atoms with E-state index in [1.54, 1.807) is 32.4 Å². The molecule has 0 aliphatic heterocycles. The lowest BCUT2D eigenvalue weighted by Gasteiger charge is -2.13. The quantitative estimate of drug-likeness (QED) is 0.108. The fourth-order valence-electron chi connectivity index (χ4n) is 2.65. The summed E-state index contributed by atoms with van der Waals surface area (Å²) < 4.78 is 10.6. The van der Waals surface area contributed by atoms with Gasteiger partial charge >= 0.3 is 0 Å². The van der Waals surface area contributed by atoms with Gasteiger partial charge in [0.2, 0.25) is 0 Å². The highest BCUT2D eigenvalue weighted by Crippen LogP contribution is 2.27. The second-order valence-corrected chi connectivity index (χ2v) is 6.01. The van der Waals surface area contributed by atoms with Crippen LogP contribution in [0.1, 0.15) is 12.5 Å². The molecule has 2 rings (SSSR count). The van der Waals surface area contributed by atoms with Crippen molar-refractivity contribution < 1.29 is 14.4 Å². The van der Waals surface area contributed by atoms with Gasteiger partial charge in [0.1, 0.15) is 5.69 Å². The molecule has 2 aromatic carbocycles. The molecule has 10 heteroatoms. The summed E-state index contributed by atoms with van der Waals surface area (Å²) in [7, 11) is 3.20. The molecule has 0 amide bonds. The molecule has 0 heterocycles. The van der Waals surface area contributed by atoms with Gasteiger partial charge in [0.15, 0.2) is 17.5 Å². The minimum atomic E-state index is -0.398. The molecule has 0 atom stereocenters. The van der Waals surface area contributed by atoms with E-state index in [2.05, 4.69) is 20.9 Å². The molecule has 0 saturated heterocycles. The maximum Gasteiger partial charge on any atom is 0.292 e. The van der Waals surface area contributed by atoms with Gasteiger partial charge in [0, 0.05) is 25.7 Å². The van der Waals surface area contributed by atoms with E-state index in [1.165, 1.54) is 6.07 Å². The molecule has 0 aromatic heterocycles. The Morgan fingerprint density at radius 1 is 1.07 bits per heavy atom. The number of nitrogens with zero attached hydrogens (tertiary/aromatic N) is 2. The molecule has 0 unspecified atom stereocenters. The topological polar surface area (TPSA) is 110 Å². The highest BCUT2D eigenvalue weighted by Gasteiger charge is 2.11. The van der Waals surface area contributed by atoms with Gasteiger partial charge in [-0.05, 0) is 30.7 Å². The number of hydrogen-bond donors (Lipinski definition) is 3. The molecule has 164 valence electrons. The summed E-state index contributed by atoms with van der Waals surface area (Å²) in [5, 5.41) is 20.5. The number of guanidine groups is 1. The highest BCUT2D eigenvalue weighted by molar-refractivity contribution is 14.0. The third kappa shape index (κ3) is 7.58. The summed E-state index contributed by atoms with van der Waals surface area (Å²) in [4.78, 5) is 15.2. The molecule has 9 nitrogen and oxygen atoms in total. The first kappa shape index (κ1) is 25.3. The van der Waals surface area contributed by atoms with Gasteiger partial charge in [-0.15, -0.1) is 24.0 Å². The lowest BCUT2D eigenvalue weighted by atomic mass is 10.2. The molecule has 0 radical (unpaired) electrons. The number of ether oxygens (including phenoxy) is 2. The zero-order valence-corrected chi connectivity index (χ0v) is 19.6. The first-order chi connectivity index (χ1) is 14.1. The fourth-order valence-corrected chi connectivity index (χ4v) is 2.65. The first-order valence-corrected chi connectivity index (χ1v) is 9.29. The molecule has 0 aliphatic rings. The Labute approximate surface area is 193 Å². The Kier molecular flexibility index (Phi) is 11.3. The average Bonchev–Trinajstić information content (AvgIpc) is 2.74.